The number of nitrogens with one attached hydrogen (secondary N) is 1. The van der Waals surface area contributed by atoms with Crippen molar-refractivity contribution in [3.8, 4) is 0 Å². The molecule has 1 N–H and O–H groups in total. The van der Waals surface area contributed by atoms with E-state index >= 15 is 0 Å². The number of likely N-dealkylation sites (N-methyl/N-ethyl adjacent to an activating group) is 1. The topological polar surface area (TPSA) is 69.0 Å². The normalized spacial score (nSPS) is 14.0. The molecule has 1 rings (SSSR count). The highest BCUT2D eigenvalue weighted by atomic mass is 32.2. The summed E-state index contributed by atoms with van der Waals surface area (Å²) in [6, 6.07) is 0. The number of ether oxygens (including phenoxy) is 1. The van der Waals surface area contributed by atoms with Gasteiger partial charge in [-0.1, -0.05) is 18.7 Å². The van der Waals surface area contributed by atoms with Crippen molar-refractivity contribution < 1.29 is 9.53 Å². The number of esters is 1. The minimum absolute atomic E-state index is 0.175. The zero-order valence-electron chi connectivity index (χ0n) is 12.7. The first-order valence-corrected chi connectivity index (χ1v) is 7.91. The largest absolute Gasteiger partial charge is 0.465 e. The molecule has 7 heteroatoms. The van der Waals surface area contributed by atoms with Crippen LogP contribution >= 0.6 is 11.8 Å². The summed E-state index contributed by atoms with van der Waals surface area (Å²) in [5, 5.41) is 12.0. The molecular formula is C13H24N4O2S. The van der Waals surface area contributed by atoms with Crippen molar-refractivity contribution >= 4 is 17.7 Å². The van der Waals surface area contributed by atoms with Gasteiger partial charge in [0.1, 0.15) is 11.9 Å². The molecule has 1 unspecified atom stereocenters. The van der Waals surface area contributed by atoms with Gasteiger partial charge in [0, 0.05) is 12.8 Å². The maximum atomic E-state index is 12.0. The molecular weight excluding hydrogens is 276 g/mol. The zero-order chi connectivity index (χ0) is 15.0. The summed E-state index contributed by atoms with van der Waals surface area (Å²) in [6.45, 7) is 6.88. The van der Waals surface area contributed by atoms with Crippen LogP contribution < -0.4 is 5.32 Å². The number of aromatic nitrogens is 3. The summed E-state index contributed by atoms with van der Waals surface area (Å²) in [7, 11) is 1.92. The van der Waals surface area contributed by atoms with Gasteiger partial charge in [-0.3, -0.25) is 4.79 Å². The van der Waals surface area contributed by atoms with E-state index in [1.165, 1.54) is 0 Å². The molecule has 6 nitrogen and oxygen atoms in total. The molecule has 0 aliphatic rings. The molecule has 0 saturated carbocycles. The minimum atomic E-state index is -0.606. The first kappa shape index (κ1) is 17.0. The third-order valence-corrected chi connectivity index (χ3v) is 4.14. The Morgan fingerprint density at radius 3 is 2.85 bits per heavy atom. The Balaban J connectivity index is 2.42. The molecule has 1 aromatic heterocycles. The first-order valence-electron chi connectivity index (χ1n) is 6.92. The zero-order valence-corrected chi connectivity index (χ0v) is 13.5. The van der Waals surface area contributed by atoms with Crippen LogP contribution in [0.5, 0.6) is 0 Å². The highest BCUT2D eigenvalue weighted by Crippen LogP contribution is 2.20. The molecule has 0 bridgehead atoms. The van der Waals surface area contributed by atoms with E-state index in [1.807, 2.05) is 32.4 Å². The van der Waals surface area contributed by atoms with E-state index in [9.17, 15) is 4.79 Å². The molecule has 0 spiro atoms. The maximum absolute atomic E-state index is 12.0. The van der Waals surface area contributed by atoms with Gasteiger partial charge in [-0.25, -0.2) is 0 Å². The van der Waals surface area contributed by atoms with E-state index in [0.717, 1.165) is 30.3 Å². The molecule has 0 saturated heterocycles. The van der Waals surface area contributed by atoms with E-state index < -0.39 is 5.54 Å². The highest BCUT2D eigenvalue weighted by molar-refractivity contribution is 7.99. The standard InChI is InChI=1S/C13H24N4O2S/c1-5-14-13(3,11(18)19-6-2)8-7-9-20-12-16-15-10-17(12)4/h10,14H,5-9H2,1-4H3. The SMILES string of the molecule is CCNC(C)(CCCSc1nncn1C)C(=O)OCC. The predicted molar refractivity (Wildman–Crippen MR) is 79.7 cm³/mol. The Labute approximate surface area is 124 Å². The number of hydrogen-bond donors (Lipinski definition) is 1. The van der Waals surface area contributed by atoms with E-state index in [0.29, 0.717) is 6.61 Å². The van der Waals surface area contributed by atoms with Gasteiger partial charge in [-0.05, 0) is 33.2 Å². The maximum Gasteiger partial charge on any atom is 0.326 e. The fourth-order valence-electron chi connectivity index (χ4n) is 1.94. The third kappa shape index (κ3) is 4.79. The summed E-state index contributed by atoms with van der Waals surface area (Å²) in [5.41, 5.74) is -0.606. The molecule has 0 radical (unpaired) electrons. The van der Waals surface area contributed by atoms with Gasteiger partial charge in [-0.15, -0.1) is 10.2 Å². The van der Waals surface area contributed by atoms with Gasteiger partial charge >= 0.3 is 5.97 Å². The highest BCUT2D eigenvalue weighted by Gasteiger charge is 2.33. The first-order chi connectivity index (χ1) is 9.53. The molecule has 0 aliphatic carbocycles. The van der Waals surface area contributed by atoms with E-state index in [-0.39, 0.29) is 5.97 Å². The molecule has 20 heavy (non-hydrogen) atoms. The van der Waals surface area contributed by atoms with Gasteiger partial charge in [0.15, 0.2) is 5.16 Å². The summed E-state index contributed by atoms with van der Waals surface area (Å²) in [5.74, 6) is 0.720. The number of thioether (sulfide) groups is 1. The van der Waals surface area contributed by atoms with Gasteiger partial charge in [0.05, 0.1) is 6.61 Å². The molecule has 1 heterocycles. The van der Waals surface area contributed by atoms with Crippen molar-refractivity contribution in [2.24, 2.45) is 7.05 Å². The Bertz CT molecular complexity index is 424. The van der Waals surface area contributed by atoms with Crippen molar-refractivity contribution in [1.82, 2.24) is 20.1 Å². The van der Waals surface area contributed by atoms with Gasteiger partial charge in [0.25, 0.3) is 0 Å². The molecule has 0 amide bonds. The molecule has 0 aromatic carbocycles. The number of carbonyl (C=O) groups is 1. The number of rotatable bonds is 9. The average Bonchev–Trinajstić information content (AvgIpc) is 2.81. The quantitative estimate of drug-likeness (QED) is 0.424. The average molecular weight is 300 g/mol. The molecule has 1 aromatic rings. The second-order valence-electron chi connectivity index (χ2n) is 4.76. The van der Waals surface area contributed by atoms with Crippen LogP contribution in [-0.2, 0) is 16.6 Å². The molecule has 0 aliphatic heterocycles. The minimum Gasteiger partial charge on any atom is -0.465 e. The second-order valence-corrected chi connectivity index (χ2v) is 5.82. The lowest BCUT2D eigenvalue weighted by atomic mass is 9.96. The number of hydrogen-bond acceptors (Lipinski definition) is 6. The van der Waals surface area contributed by atoms with Crippen LogP contribution in [0.15, 0.2) is 11.5 Å². The Hall–Kier alpha value is -1.08. The Morgan fingerprint density at radius 1 is 1.55 bits per heavy atom. The van der Waals surface area contributed by atoms with Crippen LogP contribution in [0.2, 0.25) is 0 Å². The Morgan fingerprint density at radius 2 is 2.30 bits per heavy atom. The Kier molecular flexibility index (Phi) is 7.01. The lowest BCUT2D eigenvalue weighted by Gasteiger charge is -2.28. The van der Waals surface area contributed by atoms with Gasteiger partial charge in [0.2, 0.25) is 0 Å². The lowest BCUT2D eigenvalue weighted by molar-refractivity contribution is -0.150. The van der Waals surface area contributed by atoms with Crippen molar-refractivity contribution in [2.45, 2.75) is 44.3 Å². The number of aryl methyl sites for hydroxylation is 1. The van der Waals surface area contributed by atoms with Crippen LogP contribution in [0.3, 0.4) is 0 Å². The van der Waals surface area contributed by atoms with Crippen molar-refractivity contribution in [3.05, 3.63) is 6.33 Å². The smallest absolute Gasteiger partial charge is 0.326 e. The van der Waals surface area contributed by atoms with Crippen molar-refractivity contribution in [1.29, 1.82) is 0 Å². The van der Waals surface area contributed by atoms with Crippen LogP contribution in [0.1, 0.15) is 33.6 Å². The monoisotopic (exact) mass is 300 g/mol. The fraction of sp³-hybridized carbons (Fsp3) is 0.769. The van der Waals surface area contributed by atoms with Gasteiger partial charge in [-0.2, -0.15) is 0 Å². The van der Waals surface area contributed by atoms with Crippen molar-refractivity contribution in [2.75, 3.05) is 18.9 Å². The van der Waals surface area contributed by atoms with Crippen LogP contribution in [0.25, 0.3) is 0 Å². The van der Waals surface area contributed by atoms with Gasteiger partial charge < -0.3 is 14.6 Å². The molecule has 114 valence electrons. The number of carbonyl (C=O) groups excluding carboxylic acids is 1. The summed E-state index contributed by atoms with van der Waals surface area (Å²) >= 11 is 1.65. The summed E-state index contributed by atoms with van der Waals surface area (Å²) in [4.78, 5) is 12.0. The van der Waals surface area contributed by atoms with E-state index in [4.69, 9.17) is 4.74 Å². The number of nitrogens with zero attached hydrogens (tertiary/aromatic N) is 3. The molecule has 0 fully saturated rings. The second kappa shape index (κ2) is 8.26. The summed E-state index contributed by atoms with van der Waals surface area (Å²) in [6.07, 6.45) is 3.33. The van der Waals surface area contributed by atoms with Crippen LogP contribution in [0, 0.1) is 0 Å². The van der Waals surface area contributed by atoms with E-state index in [1.54, 1.807) is 18.1 Å². The predicted octanol–water partition coefficient (Wildman–Crippen LogP) is 1.62. The van der Waals surface area contributed by atoms with Crippen molar-refractivity contribution in [3.63, 3.8) is 0 Å². The molecule has 1 atom stereocenters. The lowest BCUT2D eigenvalue weighted by Crippen LogP contribution is -2.50. The van der Waals surface area contributed by atoms with Crippen LogP contribution in [-0.4, -0.2) is 45.2 Å². The fourth-order valence-corrected chi connectivity index (χ4v) is 2.76. The van der Waals surface area contributed by atoms with Crippen LogP contribution in [0.4, 0.5) is 0 Å². The third-order valence-electron chi connectivity index (χ3n) is 3.02. The summed E-state index contributed by atoms with van der Waals surface area (Å²) < 4.78 is 7.04. The van der Waals surface area contributed by atoms with E-state index in [2.05, 4.69) is 15.5 Å².